The molecule has 1 saturated heterocycles. The lowest BCUT2D eigenvalue weighted by atomic mass is 10.1. The van der Waals surface area contributed by atoms with E-state index in [1.165, 1.54) is 6.26 Å². The molecule has 1 atom stereocenters. The van der Waals surface area contributed by atoms with Gasteiger partial charge >= 0.3 is 0 Å². The fourth-order valence-electron chi connectivity index (χ4n) is 3.22. The van der Waals surface area contributed by atoms with Crippen molar-refractivity contribution in [1.29, 1.82) is 0 Å². The van der Waals surface area contributed by atoms with Crippen LogP contribution in [-0.4, -0.2) is 62.1 Å². The molecule has 0 amide bonds. The van der Waals surface area contributed by atoms with Crippen LogP contribution in [0.1, 0.15) is 22.8 Å². The number of aromatic nitrogens is 2. The Kier molecular flexibility index (Phi) is 8.46. The number of aliphatic imine (C=N–C) groups is 1. The zero-order valence-corrected chi connectivity index (χ0v) is 20.1. The molecular weight excluding hydrogens is 505 g/mol. The predicted molar refractivity (Wildman–Crippen MR) is 124 cm³/mol. The summed E-state index contributed by atoms with van der Waals surface area (Å²) in [5.41, 5.74) is 2.92. The second-order valence-corrected chi connectivity index (χ2v) is 9.18. The van der Waals surface area contributed by atoms with Gasteiger partial charge in [0.25, 0.3) is 0 Å². The van der Waals surface area contributed by atoms with E-state index in [0.717, 1.165) is 29.2 Å². The number of hydrogen-bond donors (Lipinski definition) is 1. The number of halogens is 1. The van der Waals surface area contributed by atoms with Gasteiger partial charge in [-0.2, -0.15) is 5.10 Å². The van der Waals surface area contributed by atoms with Crippen LogP contribution in [0.4, 0.5) is 0 Å². The van der Waals surface area contributed by atoms with Crippen LogP contribution in [-0.2, 0) is 33.9 Å². The van der Waals surface area contributed by atoms with Crippen molar-refractivity contribution in [3.8, 4) is 0 Å². The molecule has 1 fully saturated rings. The Hall–Kier alpha value is -1.66. The van der Waals surface area contributed by atoms with E-state index in [-0.39, 0.29) is 35.8 Å². The summed E-state index contributed by atoms with van der Waals surface area (Å²) in [5, 5.41) is 7.60. The first-order valence-corrected chi connectivity index (χ1v) is 11.2. The lowest BCUT2D eigenvalue weighted by Crippen LogP contribution is -2.47. The average Bonchev–Trinajstić information content (AvgIpc) is 3.09. The van der Waals surface area contributed by atoms with Crippen LogP contribution < -0.4 is 5.32 Å². The van der Waals surface area contributed by atoms with E-state index in [4.69, 9.17) is 4.74 Å². The van der Waals surface area contributed by atoms with E-state index in [0.29, 0.717) is 19.7 Å². The molecule has 160 valence electrons. The number of nitrogens with zero attached hydrogens (tertiary/aromatic N) is 4. The molecule has 3 rings (SSSR count). The molecule has 10 heteroatoms. The Bertz CT molecular complexity index is 928. The molecule has 1 unspecified atom stereocenters. The molecule has 0 aliphatic carbocycles. The molecule has 0 radical (unpaired) electrons. The number of hydrogen-bond acceptors (Lipinski definition) is 5. The third-order valence-electron chi connectivity index (χ3n) is 4.58. The molecule has 1 aliphatic heterocycles. The maximum Gasteiger partial charge on any atom is 0.194 e. The minimum atomic E-state index is -3.02. The zero-order chi connectivity index (χ0) is 20.1. The Labute approximate surface area is 189 Å². The number of morpholine rings is 1. The highest BCUT2D eigenvalue weighted by Gasteiger charge is 2.25. The minimum Gasteiger partial charge on any atom is -0.370 e. The van der Waals surface area contributed by atoms with Crippen LogP contribution in [0.3, 0.4) is 0 Å². The van der Waals surface area contributed by atoms with Crippen molar-refractivity contribution >= 4 is 39.8 Å². The van der Waals surface area contributed by atoms with Gasteiger partial charge < -0.3 is 15.0 Å². The second kappa shape index (κ2) is 10.4. The molecule has 8 nitrogen and oxygen atoms in total. The number of benzene rings is 1. The van der Waals surface area contributed by atoms with Crippen LogP contribution in [0, 0.1) is 0 Å². The molecule has 1 N–H and O–H groups in total. The van der Waals surface area contributed by atoms with Gasteiger partial charge in [-0.25, -0.2) is 8.42 Å². The van der Waals surface area contributed by atoms with Crippen LogP contribution in [0.2, 0.25) is 0 Å². The standard InChI is InChI=1S/C19H27N5O3S.HI/c1-20-19(21-10-15-4-6-16(7-5-15)14-28(3,25)26)24-8-9-27-18(13-24)17-11-22-23(2)12-17;/h4-7,11-12,18H,8-10,13-14H2,1-3H3,(H,20,21);1H. The van der Waals surface area contributed by atoms with Crippen LogP contribution >= 0.6 is 24.0 Å². The predicted octanol–water partition coefficient (Wildman–Crippen LogP) is 1.73. The topological polar surface area (TPSA) is 88.8 Å². The quantitative estimate of drug-likeness (QED) is 0.358. The van der Waals surface area contributed by atoms with E-state index in [1.807, 2.05) is 43.7 Å². The Morgan fingerprint density at radius 3 is 2.59 bits per heavy atom. The highest BCUT2D eigenvalue weighted by molar-refractivity contribution is 14.0. The SMILES string of the molecule is CN=C(NCc1ccc(CS(C)(=O)=O)cc1)N1CCOC(c2cnn(C)c2)C1.I. The van der Waals surface area contributed by atoms with E-state index < -0.39 is 9.84 Å². The summed E-state index contributed by atoms with van der Waals surface area (Å²) in [6.07, 6.45) is 5.02. The Morgan fingerprint density at radius 2 is 2.00 bits per heavy atom. The van der Waals surface area contributed by atoms with Crippen molar-refractivity contribution in [3.05, 3.63) is 53.3 Å². The van der Waals surface area contributed by atoms with E-state index in [9.17, 15) is 8.42 Å². The van der Waals surface area contributed by atoms with E-state index in [1.54, 1.807) is 11.7 Å². The Morgan fingerprint density at radius 1 is 1.31 bits per heavy atom. The molecule has 1 aromatic carbocycles. The third kappa shape index (κ3) is 6.96. The summed E-state index contributed by atoms with van der Waals surface area (Å²) in [6.45, 7) is 2.71. The molecule has 0 saturated carbocycles. The zero-order valence-electron chi connectivity index (χ0n) is 16.9. The van der Waals surface area contributed by atoms with E-state index >= 15 is 0 Å². The lowest BCUT2D eigenvalue weighted by Gasteiger charge is -2.34. The summed E-state index contributed by atoms with van der Waals surface area (Å²) < 4.78 is 30.5. The average molecular weight is 533 g/mol. The van der Waals surface area contributed by atoms with Crippen molar-refractivity contribution in [2.75, 3.05) is 33.0 Å². The number of guanidine groups is 1. The van der Waals surface area contributed by atoms with Gasteiger partial charge in [0.2, 0.25) is 0 Å². The number of nitrogens with one attached hydrogen (secondary N) is 1. The van der Waals surface area contributed by atoms with Gasteiger partial charge in [0.15, 0.2) is 15.8 Å². The van der Waals surface area contributed by atoms with Gasteiger partial charge in [-0.15, -0.1) is 24.0 Å². The van der Waals surface area contributed by atoms with Crippen molar-refractivity contribution in [3.63, 3.8) is 0 Å². The summed E-state index contributed by atoms with van der Waals surface area (Å²) in [4.78, 5) is 6.58. The van der Waals surface area contributed by atoms with Gasteiger partial charge in [0.05, 0.1) is 25.1 Å². The molecule has 1 aromatic heterocycles. The molecule has 0 spiro atoms. The van der Waals surface area contributed by atoms with E-state index in [2.05, 4.69) is 20.3 Å². The monoisotopic (exact) mass is 533 g/mol. The third-order valence-corrected chi connectivity index (χ3v) is 5.43. The fraction of sp³-hybridized carbons (Fsp3) is 0.474. The lowest BCUT2D eigenvalue weighted by molar-refractivity contribution is -0.00805. The summed E-state index contributed by atoms with van der Waals surface area (Å²) in [5.74, 6) is 0.878. The molecule has 29 heavy (non-hydrogen) atoms. The first kappa shape index (κ1) is 23.6. The van der Waals surface area contributed by atoms with Crippen LogP contribution in [0.25, 0.3) is 0 Å². The number of ether oxygens (including phenoxy) is 1. The highest BCUT2D eigenvalue weighted by Crippen LogP contribution is 2.21. The summed E-state index contributed by atoms with van der Waals surface area (Å²) in [6, 6.07) is 7.60. The molecule has 0 bridgehead atoms. The maximum atomic E-state index is 11.4. The van der Waals surface area contributed by atoms with Crippen molar-refractivity contribution in [2.45, 2.75) is 18.4 Å². The molecule has 2 aromatic rings. The van der Waals surface area contributed by atoms with Gasteiger partial charge in [0, 0.05) is 45.2 Å². The smallest absolute Gasteiger partial charge is 0.194 e. The minimum absolute atomic E-state index is 0. The first-order chi connectivity index (χ1) is 13.3. The van der Waals surface area contributed by atoms with Gasteiger partial charge in [0.1, 0.15) is 6.10 Å². The van der Waals surface area contributed by atoms with Crippen molar-refractivity contribution < 1.29 is 13.2 Å². The second-order valence-electron chi connectivity index (χ2n) is 7.04. The number of rotatable bonds is 5. The van der Waals surface area contributed by atoms with Gasteiger partial charge in [-0.1, -0.05) is 24.3 Å². The highest BCUT2D eigenvalue weighted by atomic mass is 127. The largest absolute Gasteiger partial charge is 0.370 e. The maximum absolute atomic E-state index is 11.4. The van der Waals surface area contributed by atoms with Crippen LogP contribution in [0.15, 0.2) is 41.7 Å². The van der Waals surface area contributed by atoms with Gasteiger partial charge in [-0.05, 0) is 11.1 Å². The van der Waals surface area contributed by atoms with Crippen molar-refractivity contribution in [2.24, 2.45) is 12.0 Å². The van der Waals surface area contributed by atoms with Gasteiger partial charge in [-0.3, -0.25) is 9.67 Å². The number of sulfone groups is 1. The van der Waals surface area contributed by atoms with Crippen LogP contribution in [0.5, 0.6) is 0 Å². The normalized spacial score (nSPS) is 17.7. The molecule has 2 heterocycles. The molecular formula is C19H28IN5O3S. The fourth-order valence-corrected chi connectivity index (χ4v) is 4.02. The first-order valence-electron chi connectivity index (χ1n) is 9.15. The number of aryl methyl sites for hydroxylation is 1. The molecule has 1 aliphatic rings. The summed E-state index contributed by atoms with van der Waals surface area (Å²) in [7, 11) is 0.644. The Balaban J connectivity index is 0.00000300. The van der Waals surface area contributed by atoms with Crippen molar-refractivity contribution in [1.82, 2.24) is 20.0 Å². The summed E-state index contributed by atoms with van der Waals surface area (Å²) >= 11 is 0.